The molecule has 90 valence electrons. The van der Waals surface area contributed by atoms with Gasteiger partial charge in [0, 0.05) is 29.1 Å². The van der Waals surface area contributed by atoms with Gasteiger partial charge in [-0.15, -0.1) is 0 Å². The van der Waals surface area contributed by atoms with Crippen molar-refractivity contribution in [2.75, 3.05) is 13.7 Å². The molecule has 0 saturated carbocycles. The van der Waals surface area contributed by atoms with Gasteiger partial charge in [-0.3, -0.25) is 0 Å². The Labute approximate surface area is 109 Å². The number of aryl methyl sites for hydroxylation is 1. The minimum Gasteiger partial charge on any atom is -0.384 e. The summed E-state index contributed by atoms with van der Waals surface area (Å²) in [5.74, 6) is 0. The zero-order valence-corrected chi connectivity index (χ0v) is 11.6. The lowest BCUT2D eigenvalue weighted by Gasteiger charge is -2.10. The third kappa shape index (κ3) is 2.82. The largest absolute Gasteiger partial charge is 0.384 e. The Morgan fingerprint density at radius 3 is 2.65 bits per heavy atom. The van der Waals surface area contributed by atoms with Gasteiger partial charge in [-0.25, -0.2) is 0 Å². The van der Waals surface area contributed by atoms with Crippen molar-refractivity contribution in [3.8, 4) is 0 Å². The SMILES string of the molecule is COCC(Br)Cc1nnc(C)c2ccccc12. The molecule has 0 aliphatic heterocycles. The zero-order chi connectivity index (χ0) is 12.3. The van der Waals surface area contributed by atoms with Crippen molar-refractivity contribution in [3.63, 3.8) is 0 Å². The Hall–Kier alpha value is -1.00. The standard InChI is InChI=1S/C13H15BrN2O/c1-9-11-5-3-4-6-12(11)13(16-15-9)7-10(14)8-17-2/h3-6,10H,7-8H2,1-2H3. The smallest absolute Gasteiger partial charge is 0.0721 e. The first-order valence-electron chi connectivity index (χ1n) is 5.56. The van der Waals surface area contributed by atoms with Gasteiger partial charge in [-0.2, -0.15) is 10.2 Å². The van der Waals surface area contributed by atoms with Crippen LogP contribution in [0.1, 0.15) is 11.4 Å². The first kappa shape index (κ1) is 12.5. The molecule has 1 aromatic heterocycles. The van der Waals surface area contributed by atoms with Crippen LogP contribution in [0.3, 0.4) is 0 Å². The number of halogens is 1. The van der Waals surface area contributed by atoms with Crippen molar-refractivity contribution in [3.05, 3.63) is 35.7 Å². The third-order valence-electron chi connectivity index (χ3n) is 2.71. The molecule has 4 heteroatoms. The van der Waals surface area contributed by atoms with E-state index in [1.807, 2.05) is 19.1 Å². The van der Waals surface area contributed by atoms with Gasteiger partial charge in [0.25, 0.3) is 0 Å². The molecule has 2 rings (SSSR count). The van der Waals surface area contributed by atoms with Crippen molar-refractivity contribution in [2.24, 2.45) is 0 Å². The fraction of sp³-hybridized carbons (Fsp3) is 0.385. The fourth-order valence-corrected chi connectivity index (χ4v) is 2.46. The molecule has 0 bridgehead atoms. The molecule has 0 amide bonds. The van der Waals surface area contributed by atoms with Gasteiger partial charge in [0.15, 0.2) is 0 Å². The van der Waals surface area contributed by atoms with Crippen molar-refractivity contribution in [1.29, 1.82) is 0 Å². The Morgan fingerprint density at radius 2 is 1.94 bits per heavy atom. The summed E-state index contributed by atoms with van der Waals surface area (Å²) in [6.45, 7) is 2.66. The summed E-state index contributed by atoms with van der Waals surface area (Å²) >= 11 is 3.59. The van der Waals surface area contributed by atoms with Crippen LogP contribution in [0.25, 0.3) is 10.8 Å². The minimum atomic E-state index is 0.271. The fourth-order valence-electron chi connectivity index (χ4n) is 1.89. The number of aromatic nitrogens is 2. The molecule has 1 aromatic carbocycles. The molecule has 1 heterocycles. The van der Waals surface area contributed by atoms with Crippen molar-refractivity contribution >= 4 is 26.7 Å². The highest BCUT2D eigenvalue weighted by Crippen LogP contribution is 2.21. The second-order valence-corrected chi connectivity index (χ2v) is 5.33. The summed E-state index contributed by atoms with van der Waals surface area (Å²) in [4.78, 5) is 0.271. The monoisotopic (exact) mass is 294 g/mol. The average Bonchev–Trinajstić information content (AvgIpc) is 2.34. The lowest BCUT2D eigenvalue weighted by molar-refractivity contribution is 0.200. The maximum absolute atomic E-state index is 5.12. The molecule has 1 atom stereocenters. The van der Waals surface area contributed by atoms with Crippen LogP contribution < -0.4 is 0 Å². The normalized spacial score (nSPS) is 12.9. The molecule has 17 heavy (non-hydrogen) atoms. The highest BCUT2D eigenvalue weighted by atomic mass is 79.9. The van der Waals surface area contributed by atoms with Crippen LogP contribution in [0, 0.1) is 6.92 Å². The van der Waals surface area contributed by atoms with Crippen LogP contribution >= 0.6 is 15.9 Å². The van der Waals surface area contributed by atoms with Crippen LogP contribution in [0.4, 0.5) is 0 Å². The summed E-state index contributed by atoms with van der Waals surface area (Å²) in [5, 5.41) is 10.9. The van der Waals surface area contributed by atoms with Gasteiger partial charge in [-0.05, 0) is 6.92 Å². The van der Waals surface area contributed by atoms with E-state index in [2.05, 4.69) is 38.3 Å². The molecule has 3 nitrogen and oxygen atoms in total. The van der Waals surface area contributed by atoms with Gasteiger partial charge in [0.1, 0.15) is 0 Å². The average molecular weight is 295 g/mol. The van der Waals surface area contributed by atoms with Gasteiger partial charge in [0.05, 0.1) is 18.0 Å². The molecule has 0 radical (unpaired) electrons. The van der Waals surface area contributed by atoms with E-state index in [0.717, 1.165) is 17.8 Å². The topological polar surface area (TPSA) is 35.0 Å². The summed E-state index contributed by atoms with van der Waals surface area (Å²) < 4.78 is 5.12. The van der Waals surface area contributed by atoms with E-state index in [0.29, 0.717) is 6.61 Å². The van der Waals surface area contributed by atoms with E-state index in [1.165, 1.54) is 10.8 Å². The molecule has 1 unspecified atom stereocenters. The van der Waals surface area contributed by atoms with Gasteiger partial charge in [0.2, 0.25) is 0 Å². The Balaban J connectivity index is 2.38. The predicted molar refractivity (Wildman–Crippen MR) is 72.6 cm³/mol. The first-order valence-corrected chi connectivity index (χ1v) is 6.48. The van der Waals surface area contributed by atoms with E-state index in [-0.39, 0.29) is 4.83 Å². The van der Waals surface area contributed by atoms with E-state index in [4.69, 9.17) is 4.74 Å². The maximum Gasteiger partial charge on any atom is 0.0721 e. The van der Waals surface area contributed by atoms with Crippen molar-refractivity contribution in [1.82, 2.24) is 10.2 Å². The second kappa shape index (κ2) is 5.56. The lowest BCUT2D eigenvalue weighted by Crippen LogP contribution is -2.12. The number of alkyl halides is 1. The van der Waals surface area contributed by atoms with Crippen LogP contribution in [0.2, 0.25) is 0 Å². The Morgan fingerprint density at radius 1 is 1.24 bits per heavy atom. The minimum absolute atomic E-state index is 0.271. The molecule has 0 fully saturated rings. The molecule has 0 aliphatic carbocycles. The zero-order valence-electron chi connectivity index (χ0n) is 9.98. The number of hydrogen-bond donors (Lipinski definition) is 0. The molecule has 0 spiro atoms. The Bertz CT molecular complexity index is 516. The van der Waals surface area contributed by atoms with Gasteiger partial charge in [-0.1, -0.05) is 40.2 Å². The second-order valence-electron chi connectivity index (χ2n) is 4.03. The predicted octanol–water partition coefficient (Wildman–Crippen LogP) is 2.89. The number of fused-ring (bicyclic) bond motifs is 1. The molecular weight excluding hydrogens is 280 g/mol. The van der Waals surface area contributed by atoms with E-state index in [9.17, 15) is 0 Å². The third-order valence-corrected chi connectivity index (χ3v) is 3.30. The Kier molecular flexibility index (Phi) is 4.07. The molecule has 0 N–H and O–H groups in total. The van der Waals surface area contributed by atoms with E-state index in [1.54, 1.807) is 7.11 Å². The van der Waals surface area contributed by atoms with Crippen LogP contribution in [0.5, 0.6) is 0 Å². The number of benzene rings is 1. The highest BCUT2D eigenvalue weighted by Gasteiger charge is 2.11. The van der Waals surface area contributed by atoms with Crippen LogP contribution in [-0.4, -0.2) is 28.7 Å². The quantitative estimate of drug-likeness (QED) is 0.814. The maximum atomic E-state index is 5.12. The van der Waals surface area contributed by atoms with Crippen molar-refractivity contribution in [2.45, 2.75) is 18.2 Å². The number of hydrogen-bond acceptors (Lipinski definition) is 3. The van der Waals surface area contributed by atoms with E-state index < -0.39 is 0 Å². The lowest BCUT2D eigenvalue weighted by atomic mass is 10.1. The molecule has 2 aromatic rings. The first-order chi connectivity index (χ1) is 8.22. The molecule has 0 aliphatic rings. The summed E-state index contributed by atoms with van der Waals surface area (Å²) in [5.41, 5.74) is 1.99. The molecule has 0 saturated heterocycles. The van der Waals surface area contributed by atoms with Gasteiger partial charge >= 0.3 is 0 Å². The summed E-state index contributed by atoms with van der Waals surface area (Å²) in [7, 11) is 1.70. The van der Waals surface area contributed by atoms with Gasteiger partial charge < -0.3 is 4.74 Å². The summed E-state index contributed by atoms with van der Waals surface area (Å²) in [6.07, 6.45) is 0.821. The number of methoxy groups -OCH3 is 1. The van der Waals surface area contributed by atoms with Crippen LogP contribution in [-0.2, 0) is 11.2 Å². The summed E-state index contributed by atoms with van der Waals surface area (Å²) in [6, 6.07) is 8.25. The van der Waals surface area contributed by atoms with E-state index >= 15 is 0 Å². The highest BCUT2D eigenvalue weighted by molar-refractivity contribution is 9.09. The number of rotatable bonds is 4. The molecular formula is C13H15BrN2O. The van der Waals surface area contributed by atoms with Crippen LogP contribution in [0.15, 0.2) is 24.3 Å². The number of ether oxygens (including phenoxy) is 1. The van der Waals surface area contributed by atoms with Crippen molar-refractivity contribution < 1.29 is 4.74 Å². The number of nitrogens with zero attached hydrogens (tertiary/aromatic N) is 2.